The number of carbonyl (C=O) groups is 1. The molecule has 0 radical (unpaired) electrons. The van der Waals surface area contributed by atoms with E-state index >= 15 is 0 Å². The first-order valence-corrected chi connectivity index (χ1v) is 7.76. The lowest BCUT2D eigenvalue weighted by atomic mass is 10.0. The summed E-state index contributed by atoms with van der Waals surface area (Å²) >= 11 is 0. The summed E-state index contributed by atoms with van der Waals surface area (Å²) < 4.78 is 20.3. The zero-order valence-electron chi connectivity index (χ0n) is 13.0. The van der Waals surface area contributed by atoms with Crippen LogP contribution in [0, 0.1) is 5.82 Å². The predicted molar refractivity (Wildman–Crippen MR) is 83.2 cm³/mol. The third kappa shape index (κ3) is 3.96. The highest BCUT2D eigenvalue weighted by Gasteiger charge is 2.31. The maximum atomic E-state index is 12.9. The third-order valence-electron chi connectivity index (χ3n) is 4.05. The summed E-state index contributed by atoms with van der Waals surface area (Å²) in [5.74, 6) is -0.278. The van der Waals surface area contributed by atoms with E-state index in [1.165, 1.54) is 12.1 Å². The van der Waals surface area contributed by atoms with Crippen LogP contribution in [0.3, 0.4) is 0 Å². The quantitative estimate of drug-likeness (QED) is 0.919. The first kappa shape index (κ1) is 15.7. The number of hydrogen-bond donors (Lipinski definition) is 1. The van der Waals surface area contributed by atoms with Gasteiger partial charge in [0, 0.05) is 31.8 Å². The van der Waals surface area contributed by atoms with E-state index in [0.29, 0.717) is 19.4 Å². The number of halogens is 1. The highest BCUT2D eigenvalue weighted by molar-refractivity contribution is 5.76. The molecule has 1 aromatic carbocycles. The molecule has 1 amide bonds. The number of carbonyl (C=O) groups excluding carboxylic acids is 1. The average molecular weight is 317 g/mol. The van der Waals surface area contributed by atoms with Gasteiger partial charge in [0.1, 0.15) is 11.9 Å². The van der Waals surface area contributed by atoms with Crippen LogP contribution in [-0.4, -0.2) is 28.3 Å². The smallest absolute Gasteiger partial charge is 0.220 e. The number of rotatable bonds is 5. The van der Waals surface area contributed by atoms with Crippen molar-refractivity contribution < 1.29 is 13.9 Å². The molecule has 3 rings (SSSR count). The number of aryl methyl sites for hydroxylation is 2. The molecule has 1 fully saturated rings. The van der Waals surface area contributed by atoms with E-state index < -0.39 is 0 Å². The largest absolute Gasteiger partial charge is 0.371 e. The van der Waals surface area contributed by atoms with Crippen molar-refractivity contribution in [3.63, 3.8) is 0 Å². The summed E-state index contributed by atoms with van der Waals surface area (Å²) in [6, 6.07) is 6.21. The van der Waals surface area contributed by atoms with Crippen molar-refractivity contribution in [3.05, 3.63) is 53.6 Å². The van der Waals surface area contributed by atoms with Crippen LogP contribution in [0.1, 0.15) is 30.1 Å². The standard InChI is InChI=1S/C17H20FN3O2/c1-21-11-13(10-19-21)17-15(8-9-23-17)20-16(22)7-4-12-2-5-14(18)6-3-12/h2-3,5-6,10-11,15,17H,4,7-9H2,1H3,(H,20,22)/t15-,17+/m0/s1. The molecule has 5 nitrogen and oxygen atoms in total. The normalized spacial score (nSPS) is 20.6. The van der Waals surface area contributed by atoms with Crippen molar-refractivity contribution in [2.24, 2.45) is 7.05 Å². The number of benzene rings is 1. The van der Waals surface area contributed by atoms with Gasteiger partial charge >= 0.3 is 0 Å². The molecule has 6 heteroatoms. The Hall–Kier alpha value is -2.21. The van der Waals surface area contributed by atoms with Crippen molar-refractivity contribution in [2.45, 2.75) is 31.4 Å². The first-order chi connectivity index (χ1) is 11.1. The van der Waals surface area contributed by atoms with Crippen LogP contribution in [0.15, 0.2) is 36.7 Å². The van der Waals surface area contributed by atoms with Gasteiger partial charge in [-0.2, -0.15) is 5.10 Å². The SMILES string of the molecule is Cn1cc([C@H]2OCC[C@@H]2NC(=O)CCc2ccc(F)cc2)cn1. The van der Waals surface area contributed by atoms with Gasteiger partial charge in [-0.1, -0.05) is 12.1 Å². The Balaban J connectivity index is 1.53. The molecule has 0 spiro atoms. The van der Waals surface area contributed by atoms with Crippen molar-refractivity contribution >= 4 is 5.91 Å². The number of amides is 1. The molecule has 1 N–H and O–H groups in total. The number of nitrogens with zero attached hydrogens (tertiary/aromatic N) is 2. The second-order valence-corrected chi connectivity index (χ2v) is 5.83. The molecule has 1 aliphatic rings. The molecule has 0 saturated carbocycles. The average Bonchev–Trinajstić information content (AvgIpc) is 3.15. The van der Waals surface area contributed by atoms with Crippen molar-refractivity contribution in [3.8, 4) is 0 Å². The minimum Gasteiger partial charge on any atom is -0.371 e. The number of nitrogens with one attached hydrogen (secondary N) is 1. The van der Waals surface area contributed by atoms with E-state index in [4.69, 9.17) is 4.74 Å². The van der Waals surface area contributed by atoms with Gasteiger partial charge in [-0.3, -0.25) is 9.48 Å². The minimum atomic E-state index is -0.263. The van der Waals surface area contributed by atoms with Crippen LogP contribution in [0.2, 0.25) is 0 Å². The molecular formula is C17H20FN3O2. The maximum Gasteiger partial charge on any atom is 0.220 e. The van der Waals surface area contributed by atoms with E-state index in [2.05, 4.69) is 10.4 Å². The summed E-state index contributed by atoms with van der Waals surface area (Å²) in [6.07, 6.45) is 5.31. The Morgan fingerprint density at radius 1 is 1.43 bits per heavy atom. The highest BCUT2D eigenvalue weighted by Crippen LogP contribution is 2.28. The number of ether oxygens (including phenoxy) is 1. The van der Waals surface area contributed by atoms with Gasteiger partial charge in [0.05, 0.1) is 12.2 Å². The molecule has 23 heavy (non-hydrogen) atoms. The summed E-state index contributed by atoms with van der Waals surface area (Å²) in [7, 11) is 1.86. The Morgan fingerprint density at radius 2 is 2.22 bits per heavy atom. The van der Waals surface area contributed by atoms with Crippen LogP contribution < -0.4 is 5.32 Å². The van der Waals surface area contributed by atoms with E-state index in [1.807, 2.05) is 13.2 Å². The van der Waals surface area contributed by atoms with Crippen molar-refractivity contribution in [1.29, 1.82) is 0 Å². The van der Waals surface area contributed by atoms with E-state index in [1.54, 1.807) is 23.0 Å². The molecule has 2 aromatic rings. The molecule has 0 bridgehead atoms. The monoisotopic (exact) mass is 317 g/mol. The molecule has 2 atom stereocenters. The van der Waals surface area contributed by atoms with Crippen LogP contribution in [0.25, 0.3) is 0 Å². The topological polar surface area (TPSA) is 56.1 Å². The van der Waals surface area contributed by atoms with Gasteiger partial charge in [0.15, 0.2) is 0 Å². The fraction of sp³-hybridized carbons (Fsp3) is 0.412. The maximum absolute atomic E-state index is 12.9. The number of aromatic nitrogens is 2. The highest BCUT2D eigenvalue weighted by atomic mass is 19.1. The van der Waals surface area contributed by atoms with Gasteiger partial charge in [-0.25, -0.2) is 4.39 Å². The lowest BCUT2D eigenvalue weighted by Crippen LogP contribution is -2.36. The predicted octanol–water partition coefficient (Wildman–Crippen LogP) is 2.14. The Morgan fingerprint density at radius 3 is 2.91 bits per heavy atom. The fourth-order valence-corrected chi connectivity index (χ4v) is 2.84. The summed E-state index contributed by atoms with van der Waals surface area (Å²) in [5.41, 5.74) is 1.93. The lowest BCUT2D eigenvalue weighted by molar-refractivity contribution is -0.122. The van der Waals surface area contributed by atoms with Crippen LogP contribution in [-0.2, 0) is 23.0 Å². The van der Waals surface area contributed by atoms with E-state index in [0.717, 1.165) is 17.5 Å². The van der Waals surface area contributed by atoms with E-state index in [9.17, 15) is 9.18 Å². The second kappa shape index (κ2) is 6.91. The zero-order chi connectivity index (χ0) is 16.2. The van der Waals surface area contributed by atoms with E-state index in [-0.39, 0.29) is 23.9 Å². The summed E-state index contributed by atoms with van der Waals surface area (Å²) in [6.45, 7) is 0.627. The molecule has 1 aromatic heterocycles. The Kier molecular flexibility index (Phi) is 4.71. The molecule has 122 valence electrons. The zero-order valence-corrected chi connectivity index (χ0v) is 13.0. The van der Waals surface area contributed by atoms with Crippen LogP contribution >= 0.6 is 0 Å². The van der Waals surface area contributed by atoms with Gasteiger partial charge < -0.3 is 10.1 Å². The summed E-state index contributed by atoms with van der Waals surface area (Å²) in [4.78, 5) is 12.2. The second-order valence-electron chi connectivity index (χ2n) is 5.83. The van der Waals surface area contributed by atoms with Gasteiger partial charge in [-0.15, -0.1) is 0 Å². The molecule has 0 unspecified atom stereocenters. The fourth-order valence-electron chi connectivity index (χ4n) is 2.84. The molecule has 2 heterocycles. The lowest BCUT2D eigenvalue weighted by Gasteiger charge is -2.18. The Bertz CT molecular complexity index is 669. The summed E-state index contributed by atoms with van der Waals surface area (Å²) in [5, 5.41) is 7.19. The van der Waals surface area contributed by atoms with Crippen LogP contribution in [0.5, 0.6) is 0 Å². The third-order valence-corrected chi connectivity index (χ3v) is 4.05. The van der Waals surface area contributed by atoms with Gasteiger partial charge in [-0.05, 0) is 30.5 Å². The molecule has 0 aliphatic carbocycles. The van der Waals surface area contributed by atoms with Crippen molar-refractivity contribution in [2.75, 3.05) is 6.61 Å². The number of hydrogen-bond acceptors (Lipinski definition) is 3. The Labute approximate surface area is 134 Å². The first-order valence-electron chi connectivity index (χ1n) is 7.76. The molecule has 1 saturated heterocycles. The van der Waals surface area contributed by atoms with Gasteiger partial charge in [0.25, 0.3) is 0 Å². The van der Waals surface area contributed by atoms with Gasteiger partial charge in [0.2, 0.25) is 5.91 Å². The minimum absolute atomic E-state index is 0.0151. The molecule has 1 aliphatic heterocycles. The molecular weight excluding hydrogens is 297 g/mol. The van der Waals surface area contributed by atoms with Crippen molar-refractivity contribution in [1.82, 2.24) is 15.1 Å². The van der Waals surface area contributed by atoms with Crippen LogP contribution in [0.4, 0.5) is 4.39 Å².